The van der Waals surface area contributed by atoms with Crippen molar-refractivity contribution < 1.29 is 29.4 Å². The van der Waals surface area contributed by atoms with Crippen LogP contribution in [0.15, 0.2) is 18.2 Å². The zero-order valence-corrected chi connectivity index (χ0v) is 18.9. The maximum Gasteiger partial charge on any atom is 0.327 e. The number of nitrogens with zero attached hydrogens (tertiary/aromatic N) is 1. The second-order valence-corrected chi connectivity index (χ2v) is 9.62. The Labute approximate surface area is 188 Å². The summed E-state index contributed by atoms with van der Waals surface area (Å²) < 4.78 is 0. The number of carbonyl (C=O) groups excluding carboxylic acids is 3. The molecule has 0 aliphatic carbocycles. The first-order valence-electron chi connectivity index (χ1n) is 9.81. The van der Waals surface area contributed by atoms with Gasteiger partial charge in [-0.25, -0.2) is 4.79 Å². The Kier molecular flexibility index (Phi) is 10.2. The number of aliphatic hydroxyl groups excluding tert-OH is 1. The van der Waals surface area contributed by atoms with E-state index in [0.717, 1.165) is 16.7 Å². The van der Waals surface area contributed by atoms with Gasteiger partial charge in [-0.15, -0.1) is 0 Å². The molecule has 31 heavy (non-hydrogen) atoms. The summed E-state index contributed by atoms with van der Waals surface area (Å²) in [6, 6.07) is 4.70. The number of nitrogens with one attached hydrogen (secondary N) is 2. The van der Waals surface area contributed by atoms with Crippen LogP contribution in [0.25, 0.3) is 0 Å². The third kappa shape index (κ3) is 8.08. The normalized spacial score (nSPS) is 13.4. The average Bonchev–Trinajstić information content (AvgIpc) is 3.18. The van der Waals surface area contributed by atoms with Crippen LogP contribution in [0.1, 0.15) is 36.5 Å². The van der Waals surface area contributed by atoms with Gasteiger partial charge >= 0.3 is 5.97 Å². The van der Waals surface area contributed by atoms with E-state index < -0.39 is 17.9 Å². The Balaban J connectivity index is 1.76. The molecular weight excluding hydrogens is 442 g/mol. The Bertz CT molecular complexity index is 820. The van der Waals surface area contributed by atoms with Crippen molar-refractivity contribution in [2.45, 2.75) is 45.4 Å². The molecule has 4 N–H and O–H groups in total. The first-order valence-corrected chi connectivity index (χ1v) is 12.3. The van der Waals surface area contributed by atoms with Gasteiger partial charge in [0.25, 0.3) is 0 Å². The van der Waals surface area contributed by atoms with Gasteiger partial charge in [0.2, 0.25) is 17.7 Å². The summed E-state index contributed by atoms with van der Waals surface area (Å²) >= 11 is 0. The Morgan fingerprint density at radius 2 is 1.87 bits per heavy atom. The van der Waals surface area contributed by atoms with Crippen molar-refractivity contribution in [3.05, 3.63) is 34.9 Å². The molecule has 1 aromatic rings. The summed E-state index contributed by atoms with van der Waals surface area (Å²) in [4.78, 5) is 48.8. The molecule has 11 heteroatoms. The molecule has 0 radical (unpaired) electrons. The molecule has 0 saturated heterocycles. The Morgan fingerprint density at radius 3 is 2.55 bits per heavy atom. The summed E-state index contributed by atoms with van der Waals surface area (Å²) in [7, 11) is 2.58. The quantitative estimate of drug-likeness (QED) is 0.262. The van der Waals surface area contributed by atoms with Crippen LogP contribution in [0.4, 0.5) is 0 Å². The van der Waals surface area contributed by atoms with Crippen LogP contribution in [0.5, 0.6) is 0 Å². The molecule has 2 rings (SSSR count). The number of hydrogen-bond donors (Lipinski definition) is 4. The van der Waals surface area contributed by atoms with Crippen LogP contribution < -0.4 is 10.6 Å². The number of fused-ring (bicyclic) bond motifs is 1. The van der Waals surface area contributed by atoms with E-state index in [0.29, 0.717) is 25.4 Å². The fourth-order valence-corrected chi connectivity index (χ4v) is 4.97. The zero-order valence-electron chi connectivity index (χ0n) is 17.3. The standard InChI is InChI=1S/C20H27N3O6S2/c1-13(25)23-10-15-4-2-3-14(16(15)11-23)9-21-18(26)5-6-19(27)22-17(20(28)29)12-31-30-8-7-24/h2-4,17,24H,5-12H2,1H3,(H,21,26)(H,22,27)(H,28,29). The average molecular weight is 470 g/mol. The minimum absolute atomic E-state index is 0.00209. The molecule has 0 saturated carbocycles. The lowest BCUT2D eigenvalue weighted by atomic mass is 10.0. The van der Waals surface area contributed by atoms with Gasteiger partial charge in [0.1, 0.15) is 6.04 Å². The number of benzene rings is 1. The van der Waals surface area contributed by atoms with Gasteiger partial charge in [-0.05, 0) is 16.7 Å². The highest BCUT2D eigenvalue weighted by molar-refractivity contribution is 8.76. The first kappa shape index (κ1) is 25.0. The third-order valence-corrected chi connectivity index (χ3v) is 7.10. The molecule has 9 nitrogen and oxygen atoms in total. The van der Waals surface area contributed by atoms with Gasteiger partial charge in [0.05, 0.1) is 6.61 Å². The molecule has 1 unspecified atom stereocenters. The van der Waals surface area contributed by atoms with Gasteiger partial charge in [-0.3, -0.25) is 14.4 Å². The van der Waals surface area contributed by atoms with Crippen LogP contribution in [0.3, 0.4) is 0 Å². The molecule has 170 valence electrons. The minimum Gasteiger partial charge on any atom is -0.480 e. The number of aliphatic hydroxyl groups is 1. The maximum absolute atomic E-state index is 12.2. The summed E-state index contributed by atoms with van der Waals surface area (Å²) in [5, 5.41) is 23.1. The number of amides is 3. The van der Waals surface area contributed by atoms with Crippen LogP contribution in [0, 0.1) is 0 Å². The second kappa shape index (κ2) is 12.6. The molecular formula is C20H27N3O6S2. The molecule has 1 aliphatic heterocycles. The highest BCUT2D eigenvalue weighted by atomic mass is 33.1. The fraction of sp³-hybridized carbons (Fsp3) is 0.500. The zero-order chi connectivity index (χ0) is 22.8. The van der Waals surface area contributed by atoms with Gasteiger partial charge in [0.15, 0.2) is 0 Å². The second-order valence-electron chi connectivity index (χ2n) is 7.00. The van der Waals surface area contributed by atoms with Crippen molar-refractivity contribution in [2.75, 3.05) is 18.1 Å². The lowest BCUT2D eigenvalue weighted by Gasteiger charge is -2.14. The number of rotatable bonds is 12. The number of aliphatic carboxylic acids is 1. The Morgan fingerprint density at radius 1 is 1.13 bits per heavy atom. The van der Waals surface area contributed by atoms with Crippen molar-refractivity contribution in [2.24, 2.45) is 0 Å². The van der Waals surface area contributed by atoms with E-state index in [1.807, 2.05) is 18.2 Å². The summed E-state index contributed by atoms with van der Waals surface area (Å²) in [5.41, 5.74) is 3.04. The highest BCUT2D eigenvalue weighted by Gasteiger charge is 2.23. The monoisotopic (exact) mass is 469 g/mol. The lowest BCUT2D eigenvalue weighted by Crippen LogP contribution is -2.42. The van der Waals surface area contributed by atoms with Crippen molar-refractivity contribution >= 4 is 45.3 Å². The van der Waals surface area contributed by atoms with Gasteiger partial charge in [-0.1, -0.05) is 39.8 Å². The lowest BCUT2D eigenvalue weighted by molar-refractivity contribution is -0.141. The number of carboxylic acids is 1. The van der Waals surface area contributed by atoms with E-state index in [4.69, 9.17) is 5.11 Å². The minimum atomic E-state index is -1.15. The highest BCUT2D eigenvalue weighted by Crippen LogP contribution is 2.26. The van der Waals surface area contributed by atoms with E-state index in [2.05, 4.69) is 10.6 Å². The van der Waals surface area contributed by atoms with Crippen molar-refractivity contribution in [1.29, 1.82) is 0 Å². The van der Waals surface area contributed by atoms with Crippen LogP contribution in [-0.4, -0.2) is 63.0 Å². The summed E-state index contributed by atoms with van der Waals surface area (Å²) in [5.74, 6) is -1.33. The summed E-state index contributed by atoms with van der Waals surface area (Å²) in [6.07, 6.45) is -0.172. The van der Waals surface area contributed by atoms with Crippen LogP contribution >= 0.6 is 21.6 Å². The number of carboxylic acid groups (broad SMARTS) is 1. The molecule has 0 fully saturated rings. The van der Waals surface area contributed by atoms with Gasteiger partial charge in [-0.2, -0.15) is 0 Å². The van der Waals surface area contributed by atoms with Gasteiger partial charge < -0.3 is 25.7 Å². The molecule has 0 bridgehead atoms. The van der Waals surface area contributed by atoms with E-state index in [1.165, 1.54) is 28.5 Å². The SMILES string of the molecule is CC(=O)N1Cc2cccc(CNC(=O)CCC(=O)NC(CSSCCO)C(=O)O)c2C1. The Hall–Kier alpha value is -2.24. The topological polar surface area (TPSA) is 136 Å². The van der Waals surface area contributed by atoms with Crippen LogP contribution in [0.2, 0.25) is 0 Å². The largest absolute Gasteiger partial charge is 0.480 e. The van der Waals surface area contributed by atoms with Crippen molar-refractivity contribution in [3.63, 3.8) is 0 Å². The third-order valence-electron chi connectivity index (χ3n) is 4.71. The molecule has 3 amide bonds. The summed E-state index contributed by atoms with van der Waals surface area (Å²) in [6.45, 7) is 2.90. The fourth-order valence-electron chi connectivity index (χ4n) is 3.04. The van der Waals surface area contributed by atoms with E-state index in [1.54, 1.807) is 4.90 Å². The maximum atomic E-state index is 12.2. The van der Waals surface area contributed by atoms with Gasteiger partial charge in [0, 0.05) is 50.9 Å². The molecule has 1 atom stereocenters. The van der Waals surface area contributed by atoms with Crippen molar-refractivity contribution in [1.82, 2.24) is 15.5 Å². The van der Waals surface area contributed by atoms with E-state index in [-0.39, 0.29) is 37.0 Å². The number of carbonyl (C=O) groups is 4. The first-order chi connectivity index (χ1) is 14.8. The predicted octanol–water partition coefficient (Wildman–Crippen LogP) is 0.888. The molecule has 1 aliphatic rings. The molecule has 1 aromatic carbocycles. The van der Waals surface area contributed by atoms with E-state index >= 15 is 0 Å². The molecule has 0 aromatic heterocycles. The van der Waals surface area contributed by atoms with E-state index in [9.17, 15) is 24.3 Å². The molecule has 0 spiro atoms. The number of hydrogen-bond acceptors (Lipinski definition) is 7. The van der Waals surface area contributed by atoms with Crippen LogP contribution in [-0.2, 0) is 38.8 Å². The molecule has 1 heterocycles. The predicted molar refractivity (Wildman–Crippen MR) is 119 cm³/mol. The smallest absolute Gasteiger partial charge is 0.327 e. The van der Waals surface area contributed by atoms with Crippen molar-refractivity contribution in [3.8, 4) is 0 Å².